The zero-order valence-corrected chi connectivity index (χ0v) is 11.6. The van der Waals surface area contributed by atoms with Gasteiger partial charge in [0.2, 0.25) is 5.91 Å². The Labute approximate surface area is 122 Å². The van der Waals surface area contributed by atoms with Crippen molar-refractivity contribution in [2.75, 3.05) is 6.61 Å². The third-order valence-corrected chi connectivity index (χ3v) is 2.65. The van der Waals surface area contributed by atoms with Gasteiger partial charge in [0.25, 0.3) is 0 Å². The van der Waals surface area contributed by atoms with Crippen molar-refractivity contribution < 1.29 is 18.7 Å². The van der Waals surface area contributed by atoms with Gasteiger partial charge in [0.1, 0.15) is 5.75 Å². The number of ether oxygens (including phenoxy) is 1. The average molecular weight is 288 g/mol. The van der Waals surface area contributed by atoms with Gasteiger partial charge in [-0.25, -0.2) is 0 Å². The summed E-state index contributed by atoms with van der Waals surface area (Å²) in [5, 5.41) is 0. The van der Waals surface area contributed by atoms with Gasteiger partial charge in [-0.1, -0.05) is 12.1 Å². The Bertz CT molecular complexity index is 608. The lowest BCUT2D eigenvalue weighted by atomic mass is 10.2. The van der Waals surface area contributed by atoms with Gasteiger partial charge in [-0.3, -0.25) is 20.4 Å². The molecule has 1 heterocycles. The van der Waals surface area contributed by atoms with Crippen molar-refractivity contribution in [1.29, 1.82) is 0 Å². The van der Waals surface area contributed by atoms with Crippen LogP contribution in [0.5, 0.6) is 5.75 Å². The molecule has 0 saturated heterocycles. The molecule has 110 valence electrons. The van der Waals surface area contributed by atoms with Gasteiger partial charge in [0, 0.05) is 0 Å². The Balaban J connectivity index is 1.67. The highest BCUT2D eigenvalue weighted by molar-refractivity contribution is 5.92. The molecule has 1 aromatic carbocycles. The molecule has 6 nitrogen and oxygen atoms in total. The molecule has 6 heteroatoms. The molecular formula is C15H16N2O4. The SMILES string of the molecule is Cc1cccc(OCCC(=O)NNC(=O)c2ccco2)c1. The van der Waals surface area contributed by atoms with E-state index in [1.165, 1.54) is 12.3 Å². The molecule has 2 amide bonds. The first-order chi connectivity index (χ1) is 10.1. The number of amides is 2. The van der Waals surface area contributed by atoms with E-state index in [0.717, 1.165) is 5.56 Å². The maximum absolute atomic E-state index is 11.5. The van der Waals surface area contributed by atoms with E-state index in [-0.39, 0.29) is 24.7 Å². The van der Waals surface area contributed by atoms with Crippen LogP contribution >= 0.6 is 0 Å². The molecule has 0 unspecified atom stereocenters. The fourth-order valence-electron chi connectivity index (χ4n) is 1.63. The number of nitrogens with one attached hydrogen (secondary N) is 2. The molecule has 1 aromatic heterocycles. The fraction of sp³-hybridized carbons (Fsp3) is 0.200. The molecule has 0 aliphatic heterocycles. The molecule has 0 saturated carbocycles. The Morgan fingerprint density at radius 3 is 2.76 bits per heavy atom. The Morgan fingerprint density at radius 1 is 1.19 bits per heavy atom. The highest BCUT2D eigenvalue weighted by Crippen LogP contribution is 2.12. The van der Waals surface area contributed by atoms with Gasteiger partial charge in [-0.05, 0) is 36.8 Å². The second-order valence-electron chi connectivity index (χ2n) is 4.39. The Kier molecular flexibility index (Phi) is 4.98. The second kappa shape index (κ2) is 7.14. The summed E-state index contributed by atoms with van der Waals surface area (Å²) in [6, 6.07) is 10.6. The van der Waals surface area contributed by atoms with Crippen molar-refractivity contribution in [3.8, 4) is 5.75 Å². The largest absolute Gasteiger partial charge is 0.493 e. The van der Waals surface area contributed by atoms with Crippen LogP contribution in [0, 0.1) is 6.92 Å². The highest BCUT2D eigenvalue weighted by Gasteiger charge is 2.09. The zero-order chi connectivity index (χ0) is 15.1. The molecule has 0 fully saturated rings. The normalized spacial score (nSPS) is 9.95. The van der Waals surface area contributed by atoms with Crippen molar-refractivity contribution in [2.45, 2.75) is 13.3 Å². The third kappa shape index (κ3) is 4.68. The summed E-state index contributed by atoms with van der Waals surface area (Å²) < 4.78 is 10.3. The molecule has 21 heavy (non-hydrogen) atoms. The van der Waals surface area contributed by atoms with Crippen molar-refractivity contribution in [3.05, 3.63) is 54.0 Å². The number of rotatable bonds is 5. The summed E-state index contributed by atoms with van der Waals surface area (Å²) in [4.78, 5) is 23.0. The molecule has 2 rings (SSSR count). The molecule has 0 atom stereocenters. The van der Waals surface area contributed by atoms with Crippen LogP contribution in [0.1, 0.15) is 22.5 Å². The van der Waals surface area contributed by atoms with Gasteiger partial charge >= 0.3 is 5.91 Å². The number of hydrogen-bond donors (Lipinski definition) is 2. The lowest BCUT2D eigenvalue weighted by Crippen LogP contribution is -2.41. The smallest absolute Gasteiger partial charge is 0.305 e. The standard InChI is InChI=1S/C15H16N2O4/c1-11-4-2-5-12(10-11)20-9-7-14(18)16-17-15(19)13-6-3-8-21-13/h2-6,8,10H,7,9H2,1H3,(H,16,18)(H,17,19). The first kappa shape index (κ1) is 14.6. The Hall–Kier alpha value is -2.76. The minimum absolute atomic E-state index is 0.131. The van der Waals surface area contributed by atoms with E-state index in [2.05, 4.69) is 10.9 Å². The van der Waals surface area contributed by atoms with Gasteiger partial charge in [-0.2, -0.15) is 0 Å². The van der Waals surface area contributed by atoms with E-state index >= 15 is 0 Å². The van der Waals surface area contributed by atoms with E-state index in [0.29, 0.717) is 5.75 Å². The number of carbonyl (C=O) groups excluding carboxylic acids is 2. The summed E-state index contributed by atoms with van der Waals surface area (Å²) in [6.07, 6.45) is 1.51. The maximum atomic E-state index is 11.5. The number of benzene rings is 1. The van der Waals surface area contributed by atoms with Crippen molar-refractivity contribution in [2.24, 2.45) is 0 Å². The van der Waals surface area contributed by atoms with Crippen LogP contribution in [0.15, 0.2) is 47.1 Å². The van der Waals surface area contributed by atoms with Crippen LogP contribution in [0.4, 0.5) is 0 Å². The predicted octanol–water partition coefficient (Wildman–Crippen LogP) is 1.82. The number of hydrogen-bond acceptors (Lipinski definition) is 4. The first-order valence-corrected chi connectivity index (χ1v) is 6.47. The molecular weight excluding hydrogens is 272 g/mol. The Morgan fingerprint density at radius 2 is 2.05 bits per heavy atom. The van der Waals surface area contributed by atoms with Gasteiger partial charge < -0.3 is 9.15 Å². The minimum atomic E-state index is -0.507. The molecule has 0 aliphatic rings. The number of hydrazine groups is 1. The number of aryl methyl sites for hydroxylation is 1. The topological polar surface area (TPSA) is 80.6 Å². The lowest BCUT2D eigenvalue weighted by Gasteiger charge is -2.08. The van der Waals surface area contributed by atoms with Gasteiger partial charge in [0.15, 0.2) is 5.76 Å². The average Bonchev–Trinajstić information content (AvgIpc) is 2.99. The van der Waals surface area contributed by atoms with Crippen LogP contribution in [-0.4, -0.2) is 18.4 Å². The quantitative estimate of drug-likeness (QED) is 0.822. The van der Waals surface area contributed by atoms with Crippen molar-refractivity contribution >= 4 is 11.8 Å². The van der Waals surface area contributed by atoms with Crippen LogP contribution in [-0.2, 0) is 4.79 Å². The number of furan rings is 1. The van der Waals surface area contributed by atoms with E-state index in [1.807, 2.05) is 31.2 Å². The van der Waals surface area contributed by atoms with E-state index in [1.54, 1.807) is 6.07 Å². The highest BCUT2D eigenvalue weighted by atomic mass is 16.5. The maximum Gasteiger partial charge on any atom is 0.305 e. The first-order valence-electron chi connectivity index (χ1n) is 6.47. The molecule has 0 spiro atoms. The van der Waals surface area contributed by atoms with Crippen LogP contribution in [0.2, 0.25) is 0 Å². The summed E-state index contributed by atoms with van der Waals surface area (Å²) in [6.45, 7) is 2.19. The lowest BCUT2D eigenvalue weighted by molar-refractivity contribution is -0.122. The van der Waals surface area contributed by atoms with E-state index < -0.39 is 5.91 Å². The monoisotopic (exact) mass is 288 g/mol. The van der Waals surface area contributed by atoms with Crippen LogP contribution < -0.4 is 15.6 Å². The summed E-state index contributed by atoms with van der Waals surface area (Å²) in [7, 11) is 0. The third-order valence-electron chi connectivity index (χ3n) is 2.65. The van der Waals surface area contributed by atoms with Gasteiger partial charge in [-0.15, -0.1) is 0 Å². The van der Waals surface area contributed by atoms with Crippen LogP contribution in [0.3, 0.4) is 0 Å². The number of carbonyl (C=O) groups is 2. The molecule has 0 bridgehead atoms. The molecule has 0 aliphatic carbocycles. The van der Waals surface area contributed by atoms with Crippen molar-refractivity contribution in [3.63, 3.8) is 0 Å². The molecule has 2 N–H and O–H groups in total. The van der Waals surface area contributed by atoms with E-state index in [4.69, 9.17) is 9.15 Å². The minimum Gasteiger partial charge on any atom is -0.493 e. The van der Waals surface area contributed by atoms with Gasteiger partial charge in [0.05, 0.1) is 19.3 Å². The zero-order valence-electron chi connectivity index (χ0n) is 11.6. The molecule has 2 aromatic rings. The fourth-order valence-corrected chi connectivity index (χ4v) is 1.63. The summed E-state index contributed by atoms with van der Waals surface area (Å²) >= 11 is 0. The van der Waals surface area contributed by atoms with Crippen LogP contribution in [0.25, 0.3) is 0 Å². The molecule has 0 radical (unpaired) electrons. The predicted molar refractivity (Wildman–Crippen MR) is 75.6 cm³/mol. The summed E-state index contributed by atoms with van der Waals surface area (Å²) in [5.41, 5.74) is 5.63. The van der Waals surface area contributed by atoms with Crippen molar-refractivity contribution in [1.82, 2.24) is 10.9 Å². The summed E-state index contributed by atoms with van der Waals surface area (Å²) in [5.74, 6) is -0.00996. The van der Waals surface area contributed by atoms with E-state index in [9.17, 15) is 9.59 Å². The second-order valence-corrected chi connectivity index (χ2v) is 4.39.